The van der Waals surface area contributed by atoms with Gasteiger partial charge in [-0.3, -0.25) is 0 Å². The summed E-state index contributed by atoms with van der Waals surface area (Å²) in [6.07, 6.45) is 0.264. The fraction of sp³-hybridized carbons (Fsp3) is 0.917. The molecule has 1 amide bonds. The van der Waals surface area contributed by atoms with Crippen molar-refractivity contribution in [3.63, 3.8) is 0 Å². The number of nitrogens with one attached hydrogen (secondary N) is 1. The Hall–Kier alpha value is -0.850. The Morgan fingerprint density at radius 1 is 1.21 bits per heavy atom. The monoisotopic (exact) mass is 297 g/mol. The van der Waals surface area contributed by atoms with Gasteiger partial charge in [0.05, 0.1) is 5.75 Å². The summed E-state index contributed by atoms with van der Waals surface area (Å²) in [6.45, 7) is 8.79. The molecule has 0 rings (SSSR count). The van der Waals surface area contributed by atoms with E-state index in [1.54, 1.807) is 34.6 Å². The number of hydrogen-bond donors (Lipinski definition) is 1. The van der Waals surface area contributed by atoms with Gasteiger partial charge in [0.2, 0.25) is 0 Å². The summed E-state index contributed by atoms with van der Waals surface area (Å²) in [6, 6.07) is 0. The van der Waals surface area contributed by atoms with Crippen LogP contribution >= 0.6 is 0 Å². The molecular weight excluding hydrogens is 273 g/mol. The second kappa shape index (κ2) is 6.54. The molecule has 0 aromatic rings. The van der Waals surface area contributed by atoms with Gasteiger partial charge in [0.1, 0.15) is 5.60 Å². The van der Waals surface area contributed by atoms with Crippen molar-refractivity contribution in [1.82, 2.24) is 5.32 Å². The van der Waals surface area contributed by atoms with E-state index in [0.29, 0.717) is 12.8 Å². The van der Waals surface area contributed by atoms with Crippen LogP contribution in [-0.2, 0) is 15.0 Å². The maximum absolute atomic E-state index is 12.9. The van der Waals surface area contributed by atoms with E-state index in [4.69, 9.17) is 4.74 Å². The van der Waals surface area contributed by atoms with Crippen LogP contribution in [0.5, 0.6) is 0 Å². The number of carbonyl (C=O) groups excluding carboxylic acids is 1. The first-order valence-electron chi connectivity index (χ1n) is 6.32. The van der Waals surface area contributed by atoms with Crippen LogP contribution in [-0.4, -0.2) is 32.4 Å². The Bertz CT molecular complexity index is 396. The zero-order valence-corrected chi connectivity index (χ0v) is 13.1. The van der Waals surface area contributed by atoms with Crippen molar-refractivity contribution in [1.29, 1.82) is 0 Å². The van der Waals surface area contributed by atoms with E-state index in [1.165, 1.54) is 0 Å². The molecule has 0 aliphatic carbocycles. The quantitative estimate of drug-likeness (QED) is 0.765. The molecule has 0 aromatic carbocycles. The van der Waals surface area contributed by atoms with Crippen molar-refractivity contribution >= 4 is 16.3 Å². The van der Waals surface area contributed by atoms with Crippen molar-refractivity contribution in [2.24, 2.45) is 5.41 Å². The molecular formula is C12H24FNO4S. The lowest BCUT2D eigenvalue weighted by atomic mass is 9.84. The fourth-order valence-electron chi connectivity index (χ4n) is 1.69. The number of ether oxygens (including phenoxy) is 1. The second-order valence-corrected chi connectivity index (χ2v) is 7.11. The molecule has 0 atom stereocenters. The minimum absolute atomic E-state index is 0.0675. The summed E-state index contributed by atoms with van der Waals surface area (Å²) in [5.41, 5.74) is -1.43. The van der Waals surface area contributed by atoms with Crippen molar-refractivity contribution in [2.45, 2.75) is 53.1 Å². The standard InChI is InChI=1S/C12H24FNO4S/c1-6-12(7-2,9-19(13,16)17)8-14-10(15)18-11(3,4)5/h6-9H2,1-5H3,(H,14,15). The van der Waals surface area contributed by atoms with E-state index < -0.39 is 33.1 Å². The van der Waals surface area contributed by atoms with E-state index in [9.17, 15) is 17.1 Å². The first-order chi connectivity index (χ1) is 8.43. The van der Waals surface area contributed by atoms with Crippen LogP contribution in [0.25, 0.3) is 0 Å². The van der Waals surface area contributed by atoms with Crippen LogP contribution in [0, 0.1) is 5.41 Å². The summed E-state index contributed by atoms with van der Waals surface area (Å²) >= 11 is 0. The van der Waals surface area contributed by atoms with Crippen LogP contribution < -0.4 is 5.32 Å². The average Bonchev–Trinajstić information content (AvgIpc) is 2.20. The summed E-state index contributed by atoms with van der Waals surface area (Å²) in [5, 5.41) is 2.51. The molecule has 0 unspecified atom stereocenters. The van der Waals surface area contributed by atoms with Gasteiger partial charge >= 0.3 is 16.3 Å². The first kappa shape index (κ1) is 18.1. The van der Waals surface area contributed by atoms with Gasteiger partial charge in [-0.1, -0.05) is 13.8 Å². The van der Waals surface area contributed by atoms with Gasteiger partial charge in [0, 0.05) is 12.0 Å². The third-order valence-corrected chi connectivity index (χ3v) is 3.94. The first-order valence-corrected chi connectivity index (χ1v) is 7.87. The normalized spacial score (nSPS) is 13.2. The molecule has 0 spiro atoms. The molecule has 0 aromatic heterocycles. The topological polar surface area (TPSA) is 72.5 Å². The third-order valence-electron chi connectivity index (χ3n) is 2.99. The highest BCUT2D eigenvalue weighted by atomic mass is 32.3. The van der Waals surface area contributed by atoms with Gasteiger partial charge in [-0.05, 0) is 33.6 Å². The number of hydrogen-bond acceptors (Lipinski definition) is 4. The molecule has 0 aliphatic rings. The van der Waals surface area contributed by atoms with Gasteiger partial charge in [-0.2, -0.15) is 8.42 Å². The highest BCUT2D eigenvalue weighted by Crippen LogP contribution is 2.28. The minimum atomic E-state index is -4.58. The summed E-state index contributed by atoms with van der Waals surface area (Å²) < 4.78 is 39.6. The largest absolute Gasteiger partial charge is 0.444 e. The van der Waals surface area contributed by atoms with Crippen LogP contribution in [0.15, 0.2) is 0 Å². The minimum Gasteiger partial charge on any atom is -0.444 e. The van der Waals surface area contributed by atoms with E-state index in [-0.39, 0.29) is 6.54 Å². The molecule has 0 aliphatic heterocycles. The molecule has 0 fully saturated rings. The Kier molecular flexibility index (Phi) is 6.25. The summed E-state index contributed by atoms with van der Waals surface area (Å²) in [4.78, 5) is 11.5. The highest BCUT2D eigenvalue weighted by molar-refractivity contribution is 7.86. The zero-order valence-electron chi connectivity index (χ0n) is 12.2. The van der Waals surface area contributed by atoms with Gasteiger partial charge in [-0.25, -0.2) is 4.79 Å². The van der Waals surface area contributed by atoms with Crippen molar-refractivity contribution in [2.75, 3.05) is 12.3 Å². The lowest BCUT2D eigenvalue weighted by Crippen LogP contribution is -2.42. The molecule has 1 N–H and O–H groups in total. The van der Waals surface area contributed by atoms with Crippen molar-refractivity contribution in [3.8, 4) is 0 Å². The maximum Gasteiger partial charge on any atom is 0.407 e. The van der Waals surface area contributed by atoms with Crippen LogP contribution in [0.4, 0.5) is 8.68 Å². The van der Waals surface area contributed by atoms with Gasteiger partial charge in [-0.15, -0.1) is 3.89 Å². The summed E-state index contributed by atoms with van der Waals surface area (Å²) in [7, 11) is -4.58. The fourth-order valence-corrected chi connectivity index (χ4v) is 2.94. The van der Waals surface area contributed by atoms with Crippen LogP contribution in [0.2, 0.25) is 0 Å². The highest BCUT2D eigenvalue weighted by Gasteiger charge is 2.33. The van der Waals surface area contributed by atoms with Crippen molar-refractivity contribution < 1.29 is 21.8 Å². The molecule has 0 heterocycles. The van der Waals surface area contributed by atoms with E-state index in [2.05, 4.69) is 5.32 Å². The lowest BCUT2D eigenvalue weighted by molar-refractivity contribution is 0.0501. The number of carbonyl (C=O) groups is 1. The Morgan fingerprint density at radius 3 is 2.00 bits per heavy atom. The Morgan fingerprint density at radius 2 is 1.68 bits per heavy atom. The van der Waals surface area contributed by atoms with E-state index in [1.807, 2.05) is 0 Å². The SMILES string of the molecule is CCC(CC)(CNC(=O)OC(C)(C)C)CS(=O)(=O)F. The molecule has 0 saturated carbocycles. The molecule has 0 radical (unpaired) electrons. The third kappa shape index (κ3) is 8.02. The van der Waals surface area contributed by atoms with Gasteiger partial charge < -0.3 is 10.1 Å². The Labute approximate surface area is 115 Å². The van der Waals surface area contributed by atoms with Gasteiger partial charge in [0.25, 0.3) is 0 Å². The van der Waals surface area contributed by atoms with E-state index in [0.717, 1.165) is 0 Å². The molecule has 0 bridgehead atoms. The maximum atomic E-state index is 12.9. The molecule has 19 heavy (non-hydrogen) atoms. The second-order valence-electron chi connectivity index (χ2n) is 5.75. The number of halogens is 1. The van der Waals surface area contributed by atoms with Crippen LogP contribution in [0.1, 0.15) is 47.5 Å². The summed E-state index contributed by atoms with van der Waals surface area (Å²) in [5.74, 6) is -0.594. The lowest BCUT2D eigenvalue weighted by Gasteiger charge is -2.30. The number of alkyl carbamates (subject to hydrolysis) is 1. The van der Waals surface area contributed by atoms with Crippen molar-refractivity contribution in [3.05, 3.63) is 0 Å². The average molecular weight is 297 g/mol. The smallest absolute Gasteiger partial charge is 0.407 e. The number of rotatable bonds is 6. The number of amides is 1. The zero-order chi connectivity index (χ0) is 15.3. The van der Waals surface area contributed by atoms with E-state index >= 15 is 0 Å². The molecule has 5 nitrogen and oxygen atoms in total. The van der Waals surface area contributed by atoms with Gasteiger partial charge in [0.15, 0.2) is 0 Å². The molecule has 7 heteroatoms. The predicted molar refractivity (Wildman–Crippen MR) is 72.1 cm³/mol. The molecule has 0 saturated heterocycles. The Balaban J connectivity index is 4.65. The predicted octanol–water partition coefficient (Wildman–Crippen LogP) is 2.62. The van der Waals surface area contributed by atoms with Crippen LogP contribution in [0.3, 0.4) is 0 Å². The molecule has 114 valence electrons.